The summed E-state index contributed by atoms with van der Waals surface area (Å²) in [4.78, 5) is 0. The van der Waals surface area contributed by atoms with Gasteiger partial charge < -0.3 is 0 Å². The highest BCUT2D eigenvalue weighted by atomic mass is 14.4. The molecular weight excluding hydrogens is 136 g/mol. The van der Waals surface area contributed by atoms with Gasteiger partial charge in [-0.1, -0.05) is 6.92 Å². The van der Waals surface area contributed by atoms with E-state index >= 15 is 0 Å². The first-order valence-electron chi connectivity index (χ1n) is 4.01. The van der Waals surface area contributed by atoms with Crippen molar-refractivity contribution in [1.82, 2.24) is 0 Å². The summed E-state index contributed by atoms with van der Waals surface area (Å²) in [5.41, 5.74) is -0.297. The molecular formula is C9H12N2. The maximum absolute atomic E-state index is 8.86. The molecule has 1 fully saturated rings. The Morgan fingerprint density at radius 2 is 2.27 bits per heavy atom. The van der Waals surface area contributed by atoms with Crippen molar-refractivity contribution in [2.24, 2.45) is 11.3 Å². The fraction of sp³-hybridized carbons (Fsp3) is 0.778. The minimum Gasteiger partial charge on any atom is -0.198 e. The van der Waals surface area contributed by atoms with Gasteiger partial charge in [0.25, 0.3) is 0 Å². The molecule has 2 heteroatoms. The van der Waals surface area contributed by atoms with Gasteiger partial charge in [0.1, 0.15) is 0 Å². The third kappa shape index (κ3) is 1.52. The quantitative estimate of drug-likeness (QED) is 0.572. The predicted molar refractivity (Wildman–Crippen MR) is 41.3 cm³/mol. The lowest BCUT2D eigenvalue weighted by atomic mass is 9.84. The van der Waals surface area contributed by atoms with E-state index in [-0.39, 0.29) is 5.41 Å². The molecule has 0 aromatic rings. The first-order valence-corrected chi connectivity index (χ1v) is 4.01. The van der Waals surface area contributed by atoms with Gasteiger partial charge in [0.15, 0.2) is 0 Å². The third-order valence-electron chi connectivity index (χ3n) is 2.51. The van der Waals surface area contributed by atoms with Gasteiger partial charge in [-0.2, -0.15) is 10.5 Å². The zero-order valence-corrected chi connectivity index (χ0v) is 6.80. The molecule has 0 bridgehead atoms. The van der Waals surface area contributed by atoms with Crippen LogP contribution in [-0.4, -0.2) is 0 Å². The Morgan fingerprint density at radius 3 is 2.64 bits per heavy atom. The van der Waals surface area contributed by atoms with Crippen LogP contribution < -0.4 is 0 Å². The molecule has 0 aromatic heterocycles. The van der Waals surface area contributed by atoms with E-state index in [0.717, 1.165) is 19.3 Å². The maximum Gasteiger partial charge on any atom is 0.0706 e. The Morgan fingerprint density at radius 1 is 1.55 bits per heavy atom. The van der Waals surface area contributed by atoms with E-state index in [1.807, 2.05) is 0 Å². The molecule has 2 unspecified atom stereocenters. The Hall–Kier alpha value is -1.02. The lowest BCUT2D eigenvalue weighted by Crippen LogP contribution is -2.12. The van der Waals surface area contributed by atoms with Gasteiger partial charge in [0, 0.05) is 0 Å². The first-order chi connectivity index (χ1) is 5.22. The summed E-state index contributed by atoms with van der Waals surface area (Å²) in [7, 11) is 0. The van der Waals surface area contributed by atoms with Gasteiger partial charge in [-0.15, -0.1) is 0 Å². The average Bonchev–Trinajstić information content (AvgIpc) is 2.34. The molecule has 1 rings (SSSR count). The molecule has 2 atom stereocenters. The highest BCUT2D eigenvalue weighted by molar-refractivity contribution is 5.07. The second-order valence-electron chi connectivity index (χ2n) is 3.57. The zero-order chi connectivity index (χ0) is 8.32. The van der Waals surface area contributed by atoms with Crippen LogP contribution in [0.1, 0.15) is 32.6 Å². The zero-order valence-electron chi connectivity index (χ0n) is 6.80. The summed E-state index contributed by atoms with van der Waals surface area (Å²) >= 11 is 0. The molecule has 0 heterocycles. The molecule has 1 aliphatic carbocycles. The van der Waals surface area contributed by atoms with Crippen molar-refractivity contribution in [3.8, 4) is 12.1 Å². The van der Waals surface area contributed by atoms with Crippen LogP contribution in [-0.2, 0) is 0 Å². The summed E-state index contributed by atoms with van der Waals surface area (Å²) in [5.74, 6) is 0.628. The van der Waals surface area contributed by atoms with E-state index in [1.165, 1.54) is 0 Å². The number of hydrogen-bond donors (Lipinski definition) is 0. The Balaban J connectivity index is 2.66. The standard InChI is InChI=1S/C9H12N2/c1-8-2-3-9(6-8,7-11)4-5-10/h8H,2-4,6H2,1H3. The normalized spacial score (nSPS) is 36.1. The molecule has 0 spiro atoms. The molecule has 11 heavy (non-hydrogen) atoms. The van der Waals surface area contributed by atoms with Crippen LogP contribution in [0.3, 0.4) is 0 Å². The van der Waals surface area contributed by atoms with Gasteiger partial charge in [-0.3, -0.25) is 0 Å². The van der Waals surface area contributed by atoms with Crippen LogP contribution in [0.5, 0.6) is 0 Å². The molecule has 0 saturated heterocycles. The minimum atomic E-state index is -0.297. The largest absolute Gasteiger partial charge is 0.198 e. The van der Waals surface area contributed by atoms with Gasteiger partial charge in [0.2, 0.25) is 0 Å². The number of nitriles is 2. The van der Waals surface area contributed by atoms with Crippen molar-refractivity contribution in [2.45, 2.75) is 32.6 Å². The van der Waals surface area contributed by atoms with E-state index in [0.29, 0.717) is 12.3 Å². The van der Waals surface area contributed by atoms with Crippen LogP contribution >= 0.6 is 0 Å². The molecule has 58 valence electrons. The second kappa shape index (κ2) is 2.93. The topological polar surface area (TPSA) is 47.6 Å². The molecule has 0 radical (unpaired) electrons. The monoisotopic (exact) mass is 148 g/mol. The number of nitrogens with zero attached hydrogens (tertiary/aromatic N) is 2. The fourth-order valence-corrected chi connectivity index (χ4v) is 1.85. The van der Waals surface area contributed by atoms with Crippen molar-refractivity contribution in [1.29, 1.82) is 10.5 Å². The van der Waals surface area contributed by atoms with E-state index in [2.05, 4.69) is 19.1 Å². The first kappa shape index (κ1) is 8.08. The minimum absolute atomic E-state index is 0.297. The van der Waals surface area contributed by atoms with Crippen LogP contribution in [0, 0.1) is 34.0 Å². The van der Waals surface area contributed by atoms with Crippen molar-refractivity contribution in [3.63, 3.8) is 0 Å². The van der Waals surface area contributed by atoms with Crippen LogP contribution in [0.25, 0.3) is 0 Å². The highest BCUT2D eigenvalue weighted by Gasteiger charge is 2.37. The molecule has 1 saturated carbocycles. The summed E-state index contributed by atoms with van der Waals surface area (Å²) in [6.45, 7) is 2.15. The lowest BCUT2D eigenvalue weighted by Gasteiger charge is -2.15. The molecule has 0 aliphatic heterocycles. The van der Waals surface area contributed by atoms with Gasteiger partial charge in [-0.05, 0) is 25.2 Å². The number of hydrogen-bond acceptors (Lipinski definition) is 2. The van der Waals surface area contributed by atoms with Gasteiger partial charge in [0.05, 0.1) is 24.0 Å². The summed E-state index contributed by atoms with van der Waals surface area (Å²) in [6, 6.07) is 4.39. The van der Waals surface area contributed by atoms with Crippen molar-refractivity contribution < 1.29 is 0 Å². The number of rotatable bonds is 1. The Labute approximate surface area is 67.4 Å². The SMILES string of the molecule is CC1CCC(C#N)(CC#N)C1. The Kier molecular flexibility index (Phi) is 2.15. The summed E-state index contributed by atoms with van der Waals surface area (Å²) in [5, 5.41) is 17.4. The van der Waals surface area contributed by atoms with E-state index in [4.69, 9.17) is 10.5 Å². The molecule has 0 N–H and O–H groups in total. The van der Waals surface area contributed by atoms with Crippen molar-refractivity contribution in [3.05, 3.63) is 0 Å². The fourth-order valence-electron chi connectivity index (χ4n) is 1.85. The van der Waals surface area contributed by atoms with Gasteiger partial charge >= 0.3 is 0 Å². The lowest BCUT2D eigenvalue weighted by molar-refractivity contribution is 0.403. The third-order valence-corrected chi connectivity index (χ3v) is 2.51. The summed E-state index contributed by atoms with van der Waals surface area (Å²) in [6.07, 6.45) is 3.35. The van der Waals surface area contributed by atoms with Crippen LogP contribution in [0.2, 0.25) is 0 Å². The molecule has 1 aliphatic rings. The Bertz CT molecular complexity index is 221. The summed E-state index contributed by atoms with van der Waals surface area (Å²) < 4.78 is 0. The second-order valence-corrected chi connectivity index (χ2v) is 3.57. The van der Waals surface area contributed by atoms with Gasteiger partial charge in [-0.25, -0.2) is 0 Å². The molecule has 0 amide bonds. The molecule has 0 aromatic carbocycles. The van der Waals surface area contributed by atoms with E-state index in [1.54, 1.807) is 0 Å². The van der Waals surface area contributed by atoms with E-state index < -0.39 is 0 Å². The smallest absolute Gasteiger partial charge is 0.0706 e. The highest BCUT2D eigenvalue weighted by Crippen LogP contribution is 2.43. The van der Waals surface area contributed by atoms with Crippen molar-refractivity contribution in [2.75, 3.05) is 0 Å². The molecule has 2 nitrogen and oxygen atoms in total. The predicted octanol–water partition coefficient (Wildman–Crippen LogP) is 2.23. The van der Waals surface area contributed by atoms with Crippen LogP contribution in [0.4, 0.5) is 0 Å². The average molecular weight is 148 g/mol. The van der Waals surface area contributed by atoms with Crippen LogP contribution in [0.15, 0.2) is 0 Å². The maximum atomic E-state index is 8.86. The van der Waals surface area contributed by atoms with E-state index in [9.17, 15) is 0 Å². The van der Waals surface area contributed by atoms with Crippen molar-refractivity contribution >= 4 is 0 Å².